The average Bonchev–Trinajstić information content (AvgIpc) is 3.19. The van der Waals surface area contributed by atoms with Gasteiger partial charge in [0.2, 0.25) is 17.4 Å². The number of halogens is 1. The van der Waals surface area contributed by atoms with Crippen LogP contribution in [0.25, 0.3) is 11.0 Å². The standard InChI is InChI=1S/C25H30FN5O4/c1-15(2)28-23(33)17-5-9-19(10-6-17)31-21-13-22(35-12-11-32)27-14-20(21)29-25(31)30-24(34)16-3-7-18(26)8-4-16/h3-4,7-8,13-15,17,19,32H,5-6,9-12H2,1-2H3,(H,28,33)(H,29,30,34)/t17-,19+. The van der Waals surface area contributed by atoms with Gasteiger partial charge in [0.05, 0.1) is 23.8 Å². The van der Waals surface area contributed by atoms with Crippen molar-refractivity contribution in [1.82, 2.24) is 19.9 Å². The molecule has 2 amide bonds. The van der Waals surface area contributed by atoms with Crippen LogP contribution in [0.1, 0.15) is 55.9 Å². The van der Waals surface area contributed by atoms with E-state index in [1.165, 1.54) is 24.3 Å². The molecular formula is C25H30FN5O4. The van der Waals surface area contributed by atoms with Crippen LogP contribution < -0.4 is 15.7 Å². The van der Waals surface area contributed by atoms with Crippen LogP contribution >= 0.6 is 0 Å². The molecule has 2 heterocycles. The van der Waals surface area contributed by atoms with Gasteiger partial charge in [0.25, 0.3) is 5.91 Å². The van der Waals surface area contributed by atoms with Crippen LogP contribution in [0, 0.1) is 11.7 Å². The van der Waals surface area contributed by atoms with Gasteiger partial charge in [-0.05, 0) is 63.8 Å². The molecule has 0 aliphatic heterocycles. The van der Waals surface area contributed by atoms with Gasteiger partial charge < -0.3 is 24.7 Å². The highest BCUT2D eigenvalue weighted by Crippen LogP contribution is 2.33. The number of pyridine rings is 1. The first-order valence-electron chi connectivity index (χ1n) is 11.8. The van der Waals surface area contributed by atoms with Gasteiger partial charge in [-0.15, -0.1) is 0 Å². The summed E-state index contributed by atoms with van der Waals surface area (Å²) in [4.78, 5) is 37.1. The number of aliphatic hydroxyl groups excluding tert-OH is 1. The first-order chi connectivity index (χ1) is 16.9. The highest BCUT2D eigenvalue weighted by atomic mass is 19.1. The van der Waals surface area contributed by atoms with Gasteiger partial charge in [0.1, 0.15) is 12.4 Å². The molecule has 0 unspecified atom stereocenters. The molecule has 1 aromatic carbocycles. The summed E-state index contributed by atoms with van der Waals surface area (Å²) in [5.74, 6) is -0.559. The Morgan fingerprint density at radius 3 is 2.63 bits per heavy atom. The Balaban J connectivity index is 1.69. The molecule has 0 atom stereocenters. The molecule has 35 heavy (non-hydrogen) atoms. The fourth-order valence-electron chi connectivity index (χ4n) is 4.45. The van der Waals surface area contributed by atoms with E-state index >= 15 is 0 Å². The van der Waals surface area contributed by atoms with Crippen LogP contribution in [0.5, 0.6) is 5.88 Å². The number of hydrogen-bond donors (Lipinski definition) is 3. The van der Waals surface area contributed by atoms with E-state index in [1.54, 1.807) is 12.3 Å². The van der Waals surface area contributed by atoms with Crippen molar-refractivity contribution in [3.05, 3.63) is 53.5 Å². The minimum Gasteiger partial charge on any atom is -0.475 e. The molecule has 186 valence electrons. The van der Waals surface area contributed by atoms with Crippen LogP contribution in [0.3, 0.4) is 0 Å². The molecule has 1 aliphatic carbocycles. The molecule has 4 rings (SSSR count). The Kier molecular flexibility index (Phi) is 7.60. The normalized spacial score (nSPS) is 18.7. The molecule has 0 spiro atoms. The fraction of sp³-hybridized carbons (Fsp3) is 0.440. The van der Waals surface area contributed by atoms with Crippen molar-refractivity contribution in [3.8, 4) is 5.88 Å². The largest absolute Gasteiger partial charge is 0.475 e. The monoisotopic (exact) mass is 483 g/mol. The van der Waals surface area contributed by atoms with Gasteiger partial charge >= 0.3 is 0 Å². The Hall–Kier alpha value is -3.53. The van der Waals surface area contributed by atoms with Crippen LogP contribution in [-0.4, -0.2) is 50.7 Å². The number of ether oxygens (including phenoxy) is 1. The average molecular weight is 484 g/mol. The van der Waals surface area contributed by atoms with E-state index in [1.807, 2.05) is 18.4 Å². The Bertz CT molecular complexity index is 1260. The molecular weight excluding hydrogens is 453 g/mol. The maximum Gasteiger partial charge on any atom is 0.280 e. The number of amides is 2. The topological polar surface area (TPSA) is 122 Å². The third-order valence-corrected chi connectivity index (χ3v) is 6.09. The Morgan fingerprint density at radius 2 is 1.97 bits per heavy atom. The number of carbonyl (C=O) groups is 2. The summed E-state index contributed by atoms with van der Waals surface area (Å²) in [6.45, 7) is 3.87. The lowest BCUT2D eigenvalue weighted by Gasteiger charge is -2.29. The van der Waals surface area contributed by atoms with Crippen molar-refractivity contribution < 1.29 is 23.8 Å². The highest BCUT2D eigenvalue weighted by molar-refractivity contribution is 5.94. The van der Waals surface area contributed by atoms with Gasteiger partial charge in [0, 0.05) is 29.6 Å². The highest BCUT2D eigenvalue weighted by Gasteiger charge is 2.29. The van der Waals surface area contributed by atoms with Gasteiger partial charge in [-0.2, -0.15) is 4.99 Å². The van der Waals surface area contributed by atoms with E-state index in [9.17, 15) is 14.0 Å². The van der Waals surface area contributed by atoms with Crippen molar-refractivity contribution >= 4 is 22.8 Å². The molecule has 1 fully saturated rings. The smallest absolute Gasteiger partial charge is 0.280 e. The summed E-state index contributed by atoms with van der Waals surface area (Å²) in [6.07, 6.45) is 4.49. The number of benzene rings is 1. The van der Waals surface area contributed by atoms with Crippen LogP contribution in [0.15, 0.2) is 41.5 Å². The number of aromatic nitrogens is 3. The fourth-order valence-corrected chi connectivity index (χ4v) is 4.45. The van der Waals surface area contributed by atoms with E-state index < -0.39 is 11.7 Å². The molecule has 3 aromatic rings. The quantitative estimate of drug-likeness (QED) is 0.477. The zero-order valence-corrected chi connectivity index (χ0v) is 19.8. The van der Waals surface area contributed by atoms with Crippen molar-refractivity contribution in [2.45, 2.75) is 51.6 Å². The maximum atomic E-state index is 13.3. The third-order valence-electron chi connectivity index (χ3n) is 6.09. The second-order valence-electron chi connectivity index (χ2n) is 9.02. The molecule has 1 saturated carbocycles. The summed E-state index contributed by atoms with van der Waals surface area (Å²) in [7, 11) is 0. The summed E-state index contributed by atoms with van der Waals surface area (Å²) in [5, 5.41) is 12.1. The number of rotatable bonds is 7. The van der Waals surface area contributed by atoms with E-state index in [-0.39, 0.29) is 42.7 Å². The molecule has 3 N–H and O–H groups in total. The zero-order chi connectivity index (χ0) is 24.9. The lowest BCUT2D eigenvalue weighted by atomic mass is 9.85. The first kappa shape index (κ1) is 24.6. The minimum absolute atomic E-state index is 0.000269. The van der Waals surface area contributed by atoms with Gasteiger partial charge in [-0.25, -0.2) is 9.37 Å². The third kappa shape index (κ3) is 5.76. The number of nitrogens with one attached hydrogen (secondary N) is 2. The summed E-state index contributed by atoms with van der Waals surface area (Å²) in [6, 6.07) is 7.08. The van der Waals surface area contributed by atoms with Gasteiger partial charge in [0.15, 0.2) is 0 Å². The second-order valence-corrected chi connectivity index (χ2v) is 9.02. The Morgan fingerprint density at radius 1 is 1.26 bits per heavy atom. The number of nitrogens with zero attached hydrogens (tertiary/aromatic N) is 3. The zero-order valence-electron chi connectivity index (χ0n) is 19.8. The van der Waals surface area contributed by atoms with E-state index in [0.29, 0.717) is 29.9 Å². The number of hydrogen-bond acceptors (Lipinski definition) is 5. The maximum absolute atomic E-state index is 13.3. The molecule has 10 heteroatoms. The van der Waals surface area contributed by atoms with Gasteiger partial charge in [-0.3, -0.25) is 9.59 Å². The van der Waals surface area contributed by atoms with E-state index in [2.05, 4.69) is 20.3 Å². The molecule has 2 aromatic heterocycles. The van der Waals surface area contributed by atoms with Crippen molar-refractivity contribution in [3.63, 3.8) is 0 Å². The summed E-state index contributed by atoms with van der Waals surface area (Å²) < 4.78 is 20.7. The molecule has 0 bridgehead atoms. The predicted molar refractivity (Wildman–Crippen MR) is 127 cm³/mol. The van der Waals surface area contributed by atoms with Crippen LogP contribution in [0.4, 0.5) is 4.39 Å². The van der Waals surface area contributed by atoms with Crippen molar-refractivity contribution in [2.24, 2.45) is 10.9 Å². The van der Waals surface area contributed by atoms with Crippen LogP contribution in [0.2, 0.25) is 0 Å². The molecule has 1 aliphatic rings. The molecule has 0 saturated heterocycles. The number of carbonyl (C=O) groups excluding carboxylic acids is 2. The lowest BCUT2D eigenvalue weighted by Crippen LogP contribution is -2.38. The SMILES string of the molecule is CC(C)NC(=O)[C@H]1CC[C@@H](n2/c(=N/C(=O)c3ccc(F)cc3)[nH]c3cnc(OCCO)cc32)CC1. The Labute approximate surface area is 202 Å². The summed E-state index contributed by atoms with van der Waals surface area (Å²) in [5.41, 5.74) is 2.06. The van der Waals surface area contributed by atoms with Crippen molar-refractivity contribution in [2.75, 3.05) is 13.2 Å². The van der Waals surface area contributed by atoms with Crippen molar-refractivity contribution in [1.29, 1.82) is 0 Å². The van der Waals surface area contributed by atoms with E-state index in [0.717, 1.165) is 18.4 Å². The summed E-state index contributed by atoms with van der Waals surface area (Å²) >= 11 is 0. The lowest BCUT2D eigenvalue weighted by molar-refractivity contribution is -0.126. The molecule has 0 radical (unpaired) electrons. The van der Waals surface area contributed by atoms with Crippen LogP contribution in [-0.2, 0) is 4.79 Å². The minimum atomic E-state index is -0.500. The first-order valence-corrected chi connectivity index (χ1v) is 11.8. The number of H-pyrrole nitrogens is 1. The number of aliphatic hydroxyl groups is 1. The number of fused-ring (bicyclic) bond motifs is 1. The predicted octanol–water partition coefficient (Wildman–Crippen LogP) is 2.87. The molecule has 9 nitrogen and oxygen atoms in total. The number of imidazole rings is 1. The second kappa shape index (κ2) is 10.8. The van der Waals surface area contributed by atoms with Gasteiger partial charge in [-0.1, -0.05) is 0 Å². The number of aromatic amines is 1. The van der Waals surface area contributed by atoms with E-state index in [4.69, 9.17) is 9.84 Å².